The Morgan fingerprint density at radius 3 is 1.46 bits per heavy atom. The Hall–Kier alpha value is -4.90. The lowest BCUT2D eigenvalue weighted by molar-refractivity contribution is 0.0987. The third kappa shape index (κ3) is 5.83. The summed E-state index contributed by atoms with van der Waals surface area (Å²) in [7, 11) is 0. The van der Waals surface area contributed by atoms with Gasteiger partial charge >= 0.3 is 0 Å². The number of ketones is 2. The van der Waals surface area contributed by atoms with Crippen molar-refractivity contribution in [1.29, 1.82) is 0 Å². The lowest BCUT2D eigenvalue weighted by Crippen LogP contribution is -2.07. The van der Waals surface area contributed by atoms with Crippen molar-refractivity contribution in [3.05, 3.63) is 142 Å². The highest BCUT2D eigenvalue weighted by atomic mass is 16.5. The summed E-state index contributed by atoms with van der Waals surface area (Å²) in [5, 5.41) is 0. The molecule has 0 bridgehead atoms. The molecule has 0 spiro atoms. The molecule has 1 aliphatic carbocycles. The molecule has 1 aliphatic heterocycles. The quantitative estimate of drug-likeness (QED) is 0.231. The zero-order valence-electron chi connectivity index (χ0n) is 21.8. The van der Waals surface area contributed by atoms with Crippen molar-refractivity contribution in [2.45, 2.75) is 13.8 Å². The smallest absolute Gasteiger partial charge is 0.198 e. The Kier molecular flexibility index (Phi) is 7.69. The predicted octanol–water partition coefficient (Wildman–Crippen LogP) is 7.38. The molecule has 0 aromatic heterocycles. The SMILES string of the molecule is CCOc1ccc(/C=C/C2=CC(=C3C(=O)c4ccccc4C3=O)C=C(/C=C/c3ccc(OCC)cc3)O2)cc1. The van der Waals surface area contributed by atoms with Crippen LogP contribution < -0.4 is 9.47 Å². The number of rotatable bonds is 8. The Bertz CT molecular complexity index is 1430. The van der Waals surface area contributed by atoms with Crippen molar-refractivity contribution < 1.29 is 23.8 Å². The van der Waals surface area contributed by atoms with E-state index in [1.54, 1.807) is 36.4 Å². The highest BCUT2D eigenvalue weighted by Gasteiger charge is 2.35. The van der Waals surface area contributed by atoms with Gasteiger partial charge in [0.15, 0.2) is 11.6 Å². The normalized spacial score (nSPS) is 14.9. The molecule has 3 aromatic carbocycles. The van der Waals surface area contributed by atoms with E-state index in [9.17, 15) is 9.59 Å². The van der Waals surface area contributed by atoms with E-state index in [0.717, 1.165) is 22.6 Å². The average molecular weight is 517 g/mol. The molecule has 0 amide bonds. The van der Waals surface area contributed by atoms with E-state index in [2.05, 4.69) is 0 Å². The molecule has 5 nitrogen and oxygen atoms in total. The molecule has 5 heteroatoms. The highest BCUT2D eigenvalue weighted by Crippen LogP contribution is 2.33. The molecule has 2 aliphatic rings. The van der Waals surface area contributed by atoms with Crippen LogP contribution in [0.2, 0.25) is 0 Å². The first-order valence-electron chi connectivity index (χ1n) is 12.9. The molecule has 39 heavy (non-hydrogen) atoms. The number of hydrogen-bond acceptors (Lipinski definition) is 5. The van der Waals surface area contributed by atoms with Gasteiger partial charge in [-0.15, -0.1) is 0 Å². The van der Waals surface area contributed by atoms with Crippen LogP contribution in [-0.4, -0.2) is 24.8 Å². The number of hydrogen-bond donors (Lipinski definition) is 0. The largest absolute Gasteiger partial charge is 0.494 e. The second-order valence-electron chi connectivity index (χ2n) is 8.90. The summed E-state index contributed by atoms with van der Waals surface area (Å²) < 4.78 is 17.2. The van der Waals surface area contributed by atoms with Gasteiger partial charge in [-0.3, -0.25) is 9.59 Å². The number of allylic oxidation sites excluding steroid dienone is 6. The standard InChI is InChI=1S/C34H28O5/c1-3-37-26-15-9-23(10-16-26)13-19-28-21-25(32-33(35)30-7-5-6-8-31(30)34(32)36)22-29(39-28)20-14-24-11-17-27(18-12-24)38-4-2/h5-22H,3-4H2,1-2H3/b19-13+,20-14+. The fraction of sp³-hybridized carbons (Fsp3) is 0.118. The van der Waals surface area contributed by atoms with Gasteiger partial charge < -0.3 is 14.2 Å². The van der Waals surface area contributed by atoms with Gasteiger partial charge in [0.1, 0.15) is 23.0 Å². The van der Waals surface area contributed by atoms with Gasteiger partial charge in [0.25, 0.3) is 0 Å². The fourth-order valence-corrected chi connectivity index (χ4v) is 4.41. The van der Waals surface area contributed by atoms with Crippen molar-refractivity contribution in [2.75, 3.05) is 13.2 Å². The maximum absolute atomic E-state index is 13.2. The number of fused-ring (bicyclic) bond motifs is 1. The molecule has 194 valence electrons. The summed E-state index contributed by atoms with van der Waals surface area (Å²) in [5.41, 5.74) is 3.44. The zero-order valence-corrected chi connectivity index (χ0v) is 21.8. The van der Waals surface area contributed by atoms with Gasteiger partial charge in [-0.2, -0.15) is 0 Å². The summed E-state index contributed by atoms with van der Waals surface area (Å²) in [6.45, 7) is 5.10. The van der Waals surface area contributed by atoms with Gasteiger partial charge in [-0.1, -0.05) is 60.7 Å². The first-order chi connectivity index (χ1) is 19.1. The van der Waals surface area contributed by atoms with E-state index >= 15 is 0 Å². The molecule has 0 N–H and O–H groups in total. The summed E-state index contributed by atoms with van der Waals surface area (Å²) in [6.07, 6.45) is 10.9. The summed E-state index contributed by atoms with van der Waals surface area (Å²) in [5.74, 6) is 2.08. The molecule has 0 unspecified atom stereocenters. The molecule has 0 radical (unpaired) electrons. The van der Waals surface area contributed by atoms with E-state index < -0.39 is 0 Å². The maximum atomic E-state index is 13.2. The summed E-state index contributed by atoms with van der Waals surface area (Å²) in [4.78, 5) is 26.4. The van der Waals surface area contributed by atoms with Crippen molar-refractivity contribution in [2.24, 2.45) is 0 Å². The fourth-order valence-electron chi connectivity index (χ4n) is 4.41. The van der Waals surface area contributed by atoms with Crippen LogP contribution in [0.15, 0.2) is 120 Å². The van der Waals surface area contributed by atoms with Crippen molar-refractivity contribution in [3.8, 4) is 11.5 Å². The van der Waals surface area contributed by atoms with Gasteiger partial charge in [0.05, 0.1) is 18.8 Å². The van der Waals surface area contributed by atoms with Crippen LogP contribution in [0.3, 0.4) is 0 Å². The van der Waals surface area contributed by atoms with E-state index in [0.29, 0.717) is 41.4 Å². The van der Waals surface area contributed by atoms with Crippen LogP contribution in [0.25, 0.3) is 12.2 Å². The van der Waals surface area contributed by atoms with Gasteiger partial charge in [-0.05, 0) is 79.1 Å². The van der Waals surface area contributed by atoms with Crippen LogP contribution >= 0.6 is 0 Å². The number of ether oxygens (including phenoxy) is 3. The molecular weight excluding hydrogens is 488 g/mol. The molecule has 3 aromatic rings. The first kappa shape index (κ1) is 25.7. The average Bonchev–Trinajstić information content (AvgIpc) is 3.22. The second-order valence-corrected chi connectivity index (χ2v) is 8.90. The van der Waals surface area contributed by atoms with Crippen LogP contribution in [0.5, 0.6) is 11.5 Å². The maximum Gasteiger partial charge on any atom is 0.198 e. The molecule has 0 saturated heterocycles. The second kappa shape index (κ2) is 11.7. The molecule has 5 rings (SSSR count). The Balaban J connectivity index is 1.48. The Morgan fingerprint density at radius 1 is 0.615 bits per heavy atom. The van der Waals surface area contributed by atoms with E-state index in [4.69, 9.17) is 14.2 Å². The van der Waals surface area contributed by atoms with Crippen molar-refractivity contribution in [1.82, 2.24) is 0 Å². The minimum absolute atomic E-state index is 0.151. The topological polar surface area (TPSA) is 61.8 Å². The van der Waals surface area contributed by atoms with Gasteiger partial charge in [-0.25, -0.2) is 0 Å². The number of carbonyl (C=O) groups is 2. The van der Waals surface area contributed by atoms with Crippen molar-refractivity contribution in [3.63, 3.8) is 0 Å². The third-order valence-corrected chi connectivity index (χ3v) is 6.25. The monoisotopic (exact) mass is 516 g/mol. The summed E-state index contributed by atoms with van der Waals surface area (Å²) in [6, 6.07) is 22.4. The van der Waals surface area contributed by atoms with E-state index in [-0.39, 0.29) is 17.1 Å². The first-order valence-corrected chi connectivity index (χ1v) is 12.9. The number of carbonyl (C=O) groups excluding carboxylic acids is 2. The lowest BCUT2D eigenvalue weighted by atomic mass is 10.00. The lowest BCUT2D eigenvalue weighted by Gasteiger charge is -2.15. The molecule has 1 heterocycles. The van der Waals surface area contributed by atoms with Crippen LogP contribution in [0, 0.1) is 0 Å². The molecule has 0 fully saturated rings. The minimum atomic E-state index is -0.273. The van der Waals surface area contributed by atoms with Gasteiger partial charge in [0.2, 0.25) is 0 Å². The van der Waals surface area contributed by atoms with Gasteiger partial charge in [0, 0.05) is 11.1 Å². The van der Waals surface area contributed by atoms with Crippen LogP contribution in [0.1, 0.15) is 45.7 Å². The Labute approximate surface area is 228 Å². The third-order valence-electron chi connectivity index (χ3n) is 6.25. The molecular formula is C34H28O5. The van der Waals surface area contributed by atoms with Crippen LogP contribution in [-0.2, 0) is 4.74 Å². The minimum Gasteiger partial charge on any atom is -0.494 e. The van der Waals surface area contributed by atoms with Crippen LogP contribution in [0.4, 0.5) is 0 Å². The zero-order chi connectivity index (χ0) is 27.2. The highest BCUT2D eigenvalue weighted by molar-refractivity contribution is 6.40. The molecule has 0 atom stereocenters. The number of Topliss-reactive ketones (excluding diaryl/α,β-unsaturated/α-hetero) is 2. The van der Waals surface area contributed by atoms with E-state index in [1.807, 2.05) is 86.7 Å². The van der Waals surface area contributed by atoms with Crippen molar-refractivity contribution >= 4 is 23.7 Å². The van der Waals surface area contributed by atoms with E-state index in [1.165, 1.54) is 0 Å². The predicted molar refractivity (Wildman–Crippen MR) is 153 cm³/mol. The molecule has 0 saturated carbocycles. The summed E-state index contributed by atoms with van der Waals surface area (Å²) >= 11 is 0. The number of benzene rings is 3. The Morgan fingerprint density at radius 2 is 1.05 bits per heavy atom.